The molecule has 1 fully saturated rings. The van der Waals surface area contributed by atoms with E-state index >= 15 is 0 Å². The van der Waals surface area contributed by atoms with Crippen LogP contribution in [0.3, 0.4) is 0 Å². The number of rotatable bonds is 8. The first-order valence-electron chi connectivity index (χ1n) is 13.4. The second-order valence-electron chi connectivity index (χ2n) is 10.1. The minimum absolute atomic E-state index is 0.00360. The van der Waals surface area contributed by atoms with Gasteiger partial charge >= 0.3 is 0 Å². The highest BCUT2D eigenvalue weighted by atomic mass is 19.1. The molecule has 2 heterocycles. The van der Waals surface area contributed by atoms with Crippen LogP contribution in [0.4, 0.5) is 14.5 Å². The van der Waals surface area contributed by atoms with Gasteiger partial charge in [0, 0.05) is 43.9 Å². The minimum Gasteiger partial charge on any atom is -0.497 e. The highest BCUT2D eigenvalue weighted by Crippen LogP contribution is 2.30. The fraction of sp³-hybridized carbons (Fsp3) is 0.290. The summed E-state index contributed by atoms with van der Waals surface area (Å²) in [5.41, 5.74) is 1.57. The van der Waals surface area contributed by atoms with Gasteiger partial charge in [-0.25, -0.2) is 8.78 Å². The fourth-order valence-corrected chi connectivity index (χ4v) is 5.37. The van der Waals surface area contributed by atoms with Crippen LogP contribution < -0.4 is 10.1 Å². The molecule has 3 aromatic carbocycles. The summed E-state index contributed by atoms with van der Waals surface area (Å²) in [5.74, 6) is -3.36. The fourth-order valence-electron chi connectivity index (χ4n) is 5.37. The van der Waals surface area contributed by atoms with Gasteiger partial charge in [0.2, 0.25) is 5.91 Å². The highest BCUT2D eigenvalue weighted by Gasteiger charge is 2.35. The van der Waals surface area contributed by atoms with Crippen LogP contribution in [-0.2, 0) is 4.79 Å². The molecule has 0 aromatic heterocycles. The normalized spacial score (nSPS) is 15.2. The maximum atomic E-state index is 14.2. The van der Waals surface area contributed by atoms with E-state index in [1.54, 1.807) is 36.4 Å². The summed E-state index contributed by atoms with van der Waals surface area (Å²) in [6.07, 6.45) is 2.18. The number of benzene rings is 3. The molecule has 5 rings (SSSR count). The zero-order valence-corrected chi connectivity index (χ0v) is 22.5. The number of likely N-dealkylation sites (tertiary alicyclic amines) is 1. The number of imide groups is 1. The second-order valence-corrected chi connectivity index (χ2v) is 10.1. The number of nitrogens with one attached hydrogen (secondary N) is 1. The number of carbonyl (C=O) groups excluding carboxylic acids is 4. The van der Waals surface area contributed by atoms with E-state index in [0.717, 1.165) is 30.5 Å². The van der Waals surface area contributed by atoms with Gasteiger partial charge < -0.3 is 15.0 Å². The van der Waals surface area contributed by atoms with Crippen molar-refractivity contribution in [2.24, 2.45) is 0 Å². The Morgan fingerprint density at radius 2 is 1.51 bits per heavy atom. The lowest BCUT2D eigenvalue weighted by Crippen LogP contribution is -2.38. The van der Waals surface area contributed by atoms with E-state index in [0.29, 0.717) is 36.3 Å². The Kier molecular flexibility index (Phi) is 8.09. The maximum Gasteiger partial charge on any atom is 0.261 e. The summed E-state index contributed by atoms with van der Waals surface area (Å²) in [5, 5.41) is 2.52. The number of anilines is 1. The molecule has 0 saturated carbocycles. The lowest BCUT2D eigenvalue weighted by molar-refractivity contribution is -0.132. The van der Waals surface area contributed by atoms with Gasteiger partial charge in [0.05, 0.1) is 18.2 Å². The second kappa shape index (κ2) is 11.9. The predicted molar refractivity (Wildman–Crippen MR) is 147 cm³/mol. The Balaban J connectivity index is 1.08. The summed E-state index contributed by atoms with van der Waals surface area (Å²) in [6.45, 7) is 1.38. The van der Waals surface area contributed by atoms with Crippen LogP contribution in [0.2, 0.25) is 0 Å². The molecular weight excluding hydrogens is 532 g/mol. The average Bonchev–Trinajstić information content (AvgIpc) is 3.22. The van der Waals surface area contributed by atoms with Crippen molar-refractivity contribution in [2.45, 2.75) is 31.6 Å². The standard InChI is InChI=1S/C31H29F2N3O5/c1-41-22-17-25(32)28(26(33)18-22)29(38)34-21-10-8-19(9-11-21)20-12-15-35(16-13-20)27(37)7-4-14-36-30(39)23-5-2-3-6-24(23)31(36)40/h2-3,5-6,8-11,17-18,20H,4,7,12-16H2,1H3,(H,34,38). The van der Waals surface area contributed by atoms with Crippen molar-refractivity contribution in [1.82, 2.24) is 9.80 Å². The van der Waals surface area contributed by atoms with Crippen molar-refractivity contribution in [3.8, 4) is 5.75 Å². The minimum atomic E-state index is -1.01. The molecule has 0 bridgehead atoms. The molecule has 8 nitrogen and oxygen atoms in total. The molecule has 2 aliphatic heterocycles. The van der Waals surface area contributed by atoms with Gasteiger partial charge in [-0.05, 0) is 55.0 Å². The first-order valence-corrected chi connectivity index (χ1v) is 13.4. The van der Waals surface area contributed by atoms with Crippen LogP contribution in [-0.4, -0.2) is 60.2 Å². The number of nitrogens with zero attached hydrogens (tertiary/aromatic N) is 2. The molecule has 3 aromatic rings. The molecule has 212 valence electrons. The van der Waals surface area contributed by atoms with Crippen LogP contribution in [0, 0.1) is 11.6 Å². The third-order valence-electron chi connectivity index (χ3n) is 7.62. The highest BCUT2D eigenvalue weighted by molar-refractivity contribution is 6.21. The number of fused-ring (bicyclic) bond motifs is 1. The molecular formula is C31H29F2N3O5. The molecule has 10 heteroatoms. The zero-order valence-electron chi connectivity index (χ0n) is 22.5. The Morgan fingerprint density at radius 1 is 0.927 bits per heavy atom. The largest absolute Gasteiger partial charge is 0.497 e. The topological polar surface area (TPSA) is 96.0 Å². The van der Waals surface area contributed by atoms with Gasteiger partial charge in [-0.2, -0.15) is 0 Å². The maximum absolute atomic E-state index is 14.2. The Bertz CT molecular complexity index is 1440. The monoisotopic (exact) mass is 561 g/mol. The molecule has 2 aliphatic rings. The third-order valence-corrected chi connectivity index (χ3v) is 7.62. The van der Waals surface area contributed by atoms with E-state index in [-0.39, 0.29) is 42.4 Å². The summed E-state index contributed by atoms with van der Waals surface area (Å²) in [6, 6.07) is 15.7. The van der Waals surface area contributed by atoms with Gasteiger partial charge in [0.15, 0.2) is 0 Å². The summed E-state index contributed by atoms with van der Waals surface area (Å²) in [4.78, 5) is 53.3. The Hall–Kier alpha value is -4.60. The van der Waals surface area contributed by atoms with Crippen molar-refractivity contribution in [2.75, 3.05) is 32.1 Å². The van der Waals surface area contributed by atoms with Gasteiger partial charge in [-0.3, -0.25) is 24.1 Å². The van der Waals surface area contributed by atoms with Crippen molar-refractivity contribution >= 4 is 29.3 Å². The summed E-state index contributed by atoms with van der Waals surface area (Å²) < 4.78 is 33.3. The average molecular weight is 562 g/mol. The molecule has 41 heavy (non-hydrogen) atoms. The SMILES string of the molecule is COc1cc(F)c(C(=O)Nc2ccc(C3CCN(C(=O)CCCN4C(=O)c5ccccc5C4=O)CC3)cc2)c(F)c1. The lowest BCUT2D eigenvalue weighted by atomic mass is 9.89. The van der Waals surface area contributed by atoms with E-state index in [2.05, 4.69) is 5.32 Å². The van der Waals surface area contributed by atoms with Crippen LogP contribution in [0.1, 0.15) is 68.2 Å². The van der Waals surface area contributed by atoms with Crippen LogP contribution >= 0.6 is 0 Å². The number of amides is 4. The van der Waals surface area contributed by atoms with Gasteiger partial charge in [0.1, 0.15) is 22.9 Å². The molecule has 0 radical (unpaired) electrons. The van der Waals surface area contributed by atoms with Crippen LogP contribution in [0.15, 0.2) is 60.7 Å². The van der Waals surface area contributed by atoms with Crippen molar-refractivity contribution < 1.29 is 32.7 Å². The molecule has 1 saturated heterocycles. The van der Waals surface area contributed by atoms with Crippen LogP contribution in [0.25, 0.3) is 0 Å². The number of methoxy groups -OCH3 is 1. The number of hydrogen-bond acceptors (Lipinski definition) is 5. The molecule has 1 N–H and O–H groups in total. The van der Waals surface area contributed by atoms with E-state index in [1.807, 2.05) is 17.0 Å². The smallest absolute Gasteiger partial charge is 0.261 e. The number of halogens is 2. The number of hydrogen-bond donors (Lipinski definition) is 1. The van der Waals surface area contributed by atoms with E-state index in [4.69, 9.17) is 4.74 Å². The third kappa shape index (κ3) is 5.82. The van der Waals surface area contributed by atoms with Gasteiger partial charge in [-0.1, -0.05) is 24.3 Å². The molecule has 0 unspecified atom stereocenters. The number of piperidine rings is 1. The molecule has 4 amide bonds. The Morgan fingerprint density at radius 3 is 2.07 bits per heavy atom. The molecule has 0 spiro atoms. The van der Waals surface area contributed by atoms with Gasteiger partial charge in [0.25, 0.3) is 17.7 Å². The summed E-state index contributed by atoms with van der Waals surface area (Å²) >= 11 is 0. The van der Waals surface area contributed by atoms with Crippen LogP contribution in [0.5, 0.6) is 5.75 Å². The van der Waals surface area contributed by atoms with Crippen molar-refractivity contribution in [3.63, 3.8) is 0 Å². The quantitative estimate of drug-likeness (QED) is 0.390. The van der Waals surface area contributed by atoms with Crippen molar-refractivity contribution in [1.29, 1.82) is 0 Å². The molecule has 0 aliphatic carbocycles. The molecule has 0 atom stereocenters. The predicted octanol–water partition coefficient (Wildman–Crippen LogP) is 5.01. The summed E-state index contributed by atoms with van der Waals surface area (Å²) in [7, 11) is 1.28. The first kappa shape index (κ1) is 27.9. The van der Waals surface area contributed by atoms with E-state index in [9.17, 15) is 28.0 Å². The Labute approximate surface area is 235 Å². The first-order chi connectivity index (χ1) is 19.8. The van der Waals surface area contributed by atoms with Gasteiger partial charge in [-0.15, -0.1) is 0 Å². The number of ether oxygens (including phenoxy) is 1. The van der Waals surface area contributed by atoms with E-state index < -0.39 is 23.1 Å². The zero-order chi connectivity index (χ0) is 29.1. The van der Waals surface area contributed by atoms with E-state index in [1.165, 1.54) is 12.0 Å². The number of carbonyl (C=O) groups is 4. The lowest BCUT2D eigenvalue weighted by Gasteiger charge is -2.32. The van der Waals surface area contributed by atoms with Crippen molar-refractivity contribution in [3.05, 3.63) is 94.6 Å².